The second kappa shape index (κ2) is 16.0. The fourth-order valence-corrected chi connectivity index (χ4v) is 3.94. The Labute approximate surface area is 176 Å². The van der Waals surface area contributed by atoms with E-state index in [1.54, 1.807) is 0 Å². The van der Waals surface area contributed by atoms with Gasteiger partial charge in [-0.3, -0.25) is 9.59 Å². The van der Waals surface area contributed by atoms with Crippen LogP contribution in [0.1, 0.15) is 107 Å². The number of benzene rings is 1. The molecule has 1 aromatic carbocycles. The van der Waals surface area contributed by atoms with E-state index in [1.807, 2.05) is 0 Å². The van der Waals surface area contributed by atoms with Gasteiger partial charge in [0.2, 0.25) is 0 Å². The highest BCUT2D eigenvalue weighted by Gasteiger charge is 2.06. The summed E-state index contributed by atoms with van der Waals surface area (Å²) in [5, 5.41) is 17.3. The van der Waals surface area contributed by atoms with Crippen LogP contribution in [0.4, 0.5) is 0 Å². The summed E-state index contributed by atoms with van der Waals surface area (Å²) in [6.45, 7) is 2.22. The fourth-order valence-electron chi connectivity index (χ4n) is 3.94. The summed E-state index contributed by atoms with van der Waals surface area (Å²) in [4.78, 5) is 21.0. The lowest BCUT2D eigenvalue weighted by Gasteiger charge is -2.13. The van der Waals surface area contributed by atoms with Crippen LogP contribution in [-0.4, -0.2) is 22.2 Å². The van der Waals surface area contributed by atoms with Gasteiger partial charge in [0, 0.05) is 12.8 Å². The molecule has 0 spiro atoms. The molecule has 1 rings (SSSR count). The minimum Gasteiger partial charge on any atom is -0.481 e. The Morgan fingerprint density at radius 3 is 1.62 bits per heavy atom. The molecule has 0 saturated carbocycles. The maximum atomic E-state index is 10.5. The largest absolute Gasteiger partial charge is 0.481 e. The van der Waals surface area contributed by atoms with Gasteiger partial charge in [0.15, 0.2) is 0 Å². The summed E-state index contributed by atoms with van der Waals surface area (Å²) in [5.74, 6) is -1.37. The van der Waals surface area contributed by atoms with Crippen LogP contribution in [-0.2, 0) is 22.4 Å². The first-order chi connectivity index (χ1) is 14.0. The summed E-state index contributed by atoms with van der Waals surface area (Å²) in [6.07, 6.45) is 16.1. The fraction of sp³-hybridized carbons (Fsp3) is 0.680. The van der Waals surface area contributed by atoms with Gasteiger partial charge in [0.25, 0.3) is 0 Å². The highest BCUT2D eigenvalue weighted by molar-refractivity contribution is 5.66. The van der Waals surface area contributed by atoms with Gasteiger partial charge in [-0.25, -0.2) is 0 Å². The number of aryl methyl sites for hydroxylation is 2. The van der Waals surface area contributed by atoms with Crippen molar-refractivity contribution >= 4 is 11.9 Å². The van der Waals surface area contributed by atoms with E-state index in [9.17, 15) is 9.59 Å². The molecule has 29 heavy (non-hydrogen) atoms. The van der Waals surface area contributed by atoms with Gasteiger partial charge in [-0.2, -0.15) is 0 Å². The van der Waals surface area contributed by atoms with Gasteiger partial charge in [-0.05, 0) is 62.1 Å². The van der Waals surface area contributed by atoms with E-state index in [0.29, 0.717) is 12.8 Å². The average molecular weight is 405 g/mol. The first kappa shape index (κ1) is 25.2. The van der Waals surface area contributed by atoms with E-state index in [1.165, 1.54) is 55.2 Å². The smallest absolute Gasteiger partial charge is 0.303 e. The molecule has 4 nitrogen and oxygen atoms in total. The van der Waals surface area contributed by atoms with E-state index in [0.717, 1.165) is 51.4 Å². The molecule has 164 valence electrons. The Morgan fingerprint density at radius 2 is 1.10 bits per heavy atom. The third-order valence-electron chi connectivity index (χ3n) is 5.66. The molecule has 2 N–H and O–H groups in total. The number of rotatable bonds is 18. The van der Waals surface area contributed by atoms with Gasteiger partial charge in [-0.15, -0.1) is 0 Å². The summed E-state index contributed by atoms with van der Waals surface area (Å²) < 4.78 is 0. The zero-order valence-electron chi connectivity index (χ0n) is 18.3. The van der Waals surface area contributed by atoms with Crippen LogP contribution in [0.15, 0.2) is 18.2 Å². The van der Waals surface area contributed by atoms with Crippen LogP contribution in [0.3, 0.4) is 0 Å². The highest BCUT2D eigenvalue weighted by Crippen LogP contribution is 2.21. The van der Waals surface area contributed by atoms with Gasteiger partial charge in [0.1, 0.15) is 0 Å². The van der Waals surface area contributed by atoms with Gasteiger partial charge < -0.3 is 10.2 Å². The lowest BCUT2D eigenvalue weighted by molar-refractivity contribution is -0.138. The third-order valence-corrected chi connectivity index (χ3v) is 5.66. The summed E-state index contributed by atoms with van der Waals surface area (Å²) in [7, 11) is 0. The molecular weight excluding hydrogens is 364 g/mol. The number of hydrogen-bond donors (Lipinski definition) is 2. The van der Waals surface area contributed by atoms with Crippen LogP contribution in [0, 0.1) is 6.92 Å². The molecule has 0 amide bonds. The molecule has 1 aromatic rings. The highest BCUT2D eigenvalue weighted by atomic mass is 16.4. The maximum Gasteiger partial charge on any atom is 0.303 e. The quantitative estimate of drug-likeness (QED) is 0.267. The van der Waals surface area contributed by atoms with Crippen molar-refractivity contribution in [2.75, 3.05) is 0 Å². The summed E-state index contributed by atoms with van der Waals surface area (Å²) in [5.41, 5.74) is 4.43. The Kier molecular flexibility index (Phi) is 13.9. The van der Waals surface area contributed by atoms with E-state index < -0.39 is 11.9 Å². The van der Waals surface area contributed by atoms with Gasteiger partial charge in [-0.1, -0.05) is 69.6 Å². The molecule has 4 heteroatoms. The first-order valence-corrected chi connectivity index (χ1v) is 11.5. The Bertz CT molecular complexity index is 594. The lowest BCUT2D eigenvalue weighted by Crippen LogP contribution is -1.99. The minimum absolute atomic E-state index is 0.301. The molecule has 0 radical (unpaired) electrons. The SMILES string of the molecule is Cc1cccc(CCCCCCCCC(=O)O)c1CCCCCCCCC(=O)O. The predicted octanol–water partition coefficient (Wildman–Crippen LogP) is 6.71. The van der Waals surface area contributed by atoms with Crippen LogP contribution < -0.4 is 0 Å². The van der Waals surface area contributed by atoms with Crippen molar-refractivity contribution in [2.24, 2.45) is 0 Å². The van der Waals surface area contributed by atoms with Gasteiger partial charge >= 0.3 is 11.9 Å². The molecule has 0 heterocycles. The zero-order valence-corrected chi connectivity index (χ0v) is 18.3. The summed E-state index contributed by atoms with van der Waals surface area (Å²) >= 11 is 0. The van der Waals surface area contributed by atoms with Crippen LogP contribution in [0.2, 0.25) is 0 Å². The second-order valence-corrected chi connectivity index (χ2v) is 8.24. The monoisotopic (exact) mass is 404 g/mol. The molecular formula is C25H40O4. The topological polar surface area (TPSA) is 74.6 Å². The molecule has 0 bridgehead atoms. The van der Waals surface area contributed by atoms with Crippen molar-refractivity contribution in [3.05, 3.63) is 34.9 Å². The zero-order chi connectivity index (χ0) is 21.3. The predicted molar refractivity (Wildman–Crippen MR) is 118 cm³/mol. The number of unbranched alkanes of at least 4 members (excludes halogenated alkanes) is 10. The molecule has 0 saturated heterocycles. The minimum atomic E-state index is -0.685. The number of aliphatic carboxylic acids is 2. The normalized spacial score (nSPS) is 10.9. The first-order valence-electron chi connectivity index (χ1n) is 11.5. The van der Waals surface area contributed by atoms with E-state index in [4.69, 9.17) is 10.2 Å². The molecule has 0 aliphatic rings. The van der Waals surface area contributed by atoms with Crippen molar-refractivity contribution in [1.82, 2.24) is 0 Å². The Balaban J connectivity index is 2.20. The Morgan fingerprint density at radius 1 is 0.655 bits per heavy atom. The third kappa shape index (κ3) is 13.1. The molecule has 0 unspecified atom stereocenters. The molecule has 0 aliphatic carbocycles. The van der Waals surface area contributed by atoms with E-state index in [2.05, 4.69) is 25.1 Å². The van der Waals surface area contributed by atoms with Crippen molar-refractivity contribution in [3.8, 4) is 0 Å². The molecule has 0 fully saturated rings. The van der Waals surface area contributed by atoms with Crippen molar-refractivity contribution < 1.29 is 19.8 Å². The van der Waals surface area contributed by atoms with Crippen LogP contribution in [0.5, 0.6) is 0 Å². The van der Waals surface area contributed by atoms with E-state index >= 15 is 0 Å². The standard InChI is InChI=1S/C25H40O4/c1-21-15-14-17-22(16-10-6-2-4-8-12-19-24(26)27)23(21)18-11-7-3-5-9-13-20-25(28)29/h14-15,17H,2-13,16,18-20H2,1H3,(H,26,27)(H,28,29). The number of carboxylic acid groups (broad SMARTS) is 2. The number of carboxylic acids is 2. The molecule has 0 aromatic heterocycles. The average Bonchev–Trinajstić information content (AvgIpc) is 2.67. The second-order valence-electron chi connectivity index (χ2n) is 8.24. The van der Waals surface area contributed by atoms with Crippen LogP contribution >= 0.6 is 0 Å². The van der Waals surface area contributed by atoms with Crippen molar-refractivity contribution in [1.29, 1.82) is 0 Å². The lowest BCUT2D eigenvalue weighted by atomic mass is 9.93. The van der Waals surface area contributed by atoms with Gasteiger partial charge in [0.05, 0.1) is 0 Å². The van der Waals surface area contributed by atoms with Crippen molar-refractivity contribution in [2.45, 2.75) is 110 Å². The van der Waals surface area contributed by atoms with Crippen LogP contribution in [0.25, 0.3) is 0 Å². The molecule has 0 aliphatic heterocycles. The molecule has 0 atom stereocenters. The van der Waals surface area contributed by atoms with Crippen molar-refractivity contribution in [3.63, 3.8) is 0 Å². The number of carbonyl (C=O) groups is 2. The summed E-state index contributed by atoms with van der Waals surface area (Å²) in [6, 6.07) is 6.66. The Hall–Kier alpha value is -1.84. The maximum absolute atomic E-state index is 10.5. The van der Waals surface area contributed by atoms with E-state index in [-0.39, 0.29) is 0 Å². The number of hydrogen-bond acceptors (Lipinski definition) is 2.